The fraction of sp³-hybridized carbons (Fsp3) is 0.800. The van der Waals surface area contributed by atoms with Crippen LogP contribution in [-0.4, -0.2) is 58.4 Å². The molecule has 2 fully saturated rings. The van der Waals surface area contributed by atoms with Crippen molar-refractivity contribution in [2.75, 3.05) is 19.6 Å². The van der Waals surface area contributed by atoms with Crippen molar-refractivity contribution in [2.45, 2.75) is 51.5 Å². The summed E-state index contributed by atoms with van der Waals surface area (Å²) in [6, 6.07) is -0.547. The summed E-state index contributed by atoms with van der Waals surface area (Å²) in [6.07, 6.45) is 6.36. The van der Waals surface area contributed by atoms with Gasteiger partial charge in [-0.25, -0.2) is 0 Å². The summed E-state index contributed by atoms with van der Waals surface area (Å²) >= 11 is 0. The molecule has 118 valence electrons. The van der Waals surface area contributed by atoms with Crippen LogP contribution in [0.5, 0.6) is 0 Å². The van der Waals surface area contributed by atoms with Crippen LogP contribution in [0, 0.1) is 5.92 Å². The third kappa shape index (κ3) is 3.74. The second-order valence-electron chi connectivity index (χ2n) is 6.05. The molecule has 6 heteroatoms. The predicted octanol–water partition coefficient (Wildman–Crippen LogP) is 1.10. The number of aliphatic carboxylic acids is 1. The maximum atomic E-state index is 12.6. The lowest BCUT2D eigenvalue weighted by molar-refractivity contribution is -0.156. The van der Waals surface area contributed by atoms with Gasteiger partial charge in [0.25, 0.3) is 0 Å². The van der Waals surface area contributed by atoms with E-state index in [1.54, 1.807) is 11.8 Å². The molecular weight excluding hydrogens is 272 g/mol. The lowest BCUT2D eigenvalue weighted by Crippen LogP contribution is -2.59. The molecule has 1 aliphatic heterocycles. The first kappa shape index (κ1) is 15.8. The summed E-state index contributed by atoms with van der Waals surface area (Å²) in [4.78, 5) is 38.5. The zero-order valence-electron chi connectivity index (χ0n) is 12.6. The van der Waals surface area contributed by atoms with Gasteiger partial charge in [0, 0.05) is 19.0 Å². The van der Waals surface area contributed by atoms with Crippen molar-refractivity contribution in [3.8, 4) is 0 Å². The van der Waals surface area contributed by atoms with Crippen LogP contribution in [0.1, 0.15) is 45.4 Å². The molecule has 1 atom stereocenters. The molecule has 0 aromatic carbocycles. The highest BCUT2D eigenvalue weighted by Gasteiger charge is 2.37. The van der Waals surface area contributed by atoms with Crippen LogP contribution < -0.4 is 0 Å². The predicted molar refractivity (Wildman–Crippen MR) is 76.6 cm³/mol. The highest BCUT2D eigenvalue weighted by Crippen LogP contribution is 2.26. The van der Waals surface area contributed by atoms with Crippen LogP contribution in [0.3, 0.4) is 0 Å². The first-order valence-electron chi connectivity index (χ1n) is 7.81. The minimum atomic E-state index is -1.01. The number of rotatable bonds is 3. The highest BCUT2D eigenvalue weighted by molar-refractivity contribution is 5.91. The first-order valence-corrected chi connectivity index (χ1v) is 7.81. The molecule has 6 nitrogen and oxygen atoms in total. The maximum absolute atomic E-state index is 12.6. The van der Waals surface area contributed by atoms with Crippen molar-refractivity contribution in [1.82, 2.24) is 9.80 Å². The standard InChI is InChI=1S/C15H24N2O4/c1-11-14(20)16(10-13(18)19)8-9-17(11)15(21)12-6-4-2-3-5-7-12/h11-12H,2-10H2,1H3,(H,18,19). The SMILES string of the molecule is CC1C(=O)N(CC(=O)O)CCN1C(=O)C1CCCCCC1. The summed E-state index contributed by atoms with van der Waals surface area (Å²) in [5, 5.41) is 8.81. The minimum absolute atomic E-state index is 0.0359. The van der Waals surface area contributed by atoms with Gasteiger partial charge in [0.05, 0.1) is 0 Å². The summed E-state index contributed by atoms with van der Waals surface area (Å²) in [7, 11) is 0. The molecule has 1 aliphatic carbocycles. The average Bonchev–Trinajstić information content (AvgIpc) is 2.72. The molecule has 0 spiro atoms. The second kappa shape index (κ2) is 6.91. The maximum Gasteiger partial charge on any atom is 0.323 e. The molecule has 0 radical (unpaired) electrons. The van der Waals surface area contributed by atoms with Crippen LogP contribution in [0.15, 0.2) is 0 Å². The third-order valence-corrected chi connectivity index (χ3v) is 4.56. The van der Waals surface area contributed by atoms with E-state index in [2.05, 4.69) is 0 Å². The van der Waals surface area contributed by atoms with Crippen molar-refractivity contribution in [3.05, 3.63) is 0 Å². The highest BCUT2D eigenvalue weighted by atomic mass is 16.4. The number of piperazine rings is 1. The minimum Gasteiger partial charge on any atom is -0.480 e. The van der Waals surface area contributed by atoms with Crippen molar-refractivity contribution in [1.29, 1.82) is 0 Å². The quantitative estimate of drug-likeness (QED) is 0.791. The van der Waals surface area contributed by atoms with Gasteiger partial charge in [-0.1, -0.05) is 25.7 Å². The normalized spacial score (nSPS) is 24.8. The van der Waals surface area contributed by atoms with Crippen molar-refractivity contribution >= 4 is 17.8 Å². The summed E-state index contributed by atoms with van der Waals surface area (Å²) in [5.41, 5.74) is 0. The summed E-state index contributed by atoms with van der Waals surface area (Å²) < 4.78 is 0. The molecule has 1 N–H and O–H groups in total. The van der Waals surface area contributed by atoms with Gasteiger partial charge in [-0.2, -0.15) is 0 Å². The zero-order chi connectivity index (χ0) is 15.4. The van der Waals surface area contributed by atoms with E-state index < -0.39 is 12.0 Å². The van der Waals surface area contributed by atoms with Gasteiger partial charge in [0.15, 0.2) is 0 Å². The number of hydrogen-bond donors (Lipinski definition) is 1. The van der Waals surface area contributed by atoms with Gasteiger partial charge in [-0.05, 0) is 19.8 Å². The van der Waals surface area contributed by atoms with E-state index in [1.807, 2.05) is 0 Å². The summed E-state index contributed by atoms with van der Waals surface area (Å²) in [5.74, 6) is -1.16. The Bertz CT molecular complexity index is 416. The van der Waals surface area contributed by atoms with E-state index in [9.17, 15) is 14.4 Å². The molecule has 21 heavy (non-hydrogen) atoms. The molecular formula is C15H24N2O4. The van der Waals surface area contributed by atoms with Gasteiger partial charge in [-0.3, -0.25) is 14.4 Å². The number of hydrogen-bond acceptors (Lipinski definition) is 3. The molecule has 0 aromatic heterocycles. The fourth-order valence-electron chi connectivity index (χ4n) is 3.31. The first-order chi connectivity index (χ1) is 10.0. The molecule has 1 saturated heterocycles. The molecule has 0 bridgehead atoms. The molecule has 0 aromatic rings. The topological polar surface area (TPSA) is 77.9 Å². The van der Waals surface area contributed by atoms with Crippen LogP contribution >= 0.6 is 0 Å². The van der Waals surface area contributed by atoms with Crippen molar-refractivity contribution in [2.24, 2.45) is 5.92 Å². The number of carboxylic acid groups (broad SMARTS) is 1. The van der Waals surface area contributed by atoms with Gasteiger partial charge >= 0.3 is 5.97 Å². The zero-order valence-corrected chi connectivity index (χ0v) is 12.6. The third-order valence-electron chi connectivity index (χ3n) is 4.56. The van der Waals surface area contributed by atoms with Crippen LogP contribution in [0.25, 0.3) is 0 Å². The van der Waals surface area contributed by atoms with E-state index in [0.717, 1.165) is 25.7 Å². The number of carboxylic acids is 1. The number of carbonyl (C=O) groups is 3. The Morgan fingerprint density at radius 1 is 1.14 bits per heavy atom. The molecule has 1 heterocycles. The Kier molecular flexibility index (Phi) is 5.20. The smallest absolute Gasteiger partial charge is 0.323 e. The Balaban J connectivity index is 1.99. The monoisotopic (exact) mass is 296 g/mol. The number of nitrogens with zero attached hydrogens (tertiary/aromatic N) is 2. The van der Waals surface area contributed by atoms with Crippen molar-refractivity contribution in [3.63, 3.8) is 0 Å². The Morgan fingerprint density at radius 2 is 1.76 bits per heavy atom. The second-order valence-corrected chi connectivity index (χ2v) is 6.05. The largest absolute Gasteiger partial charge is 0.480 e. The van der Waals surface area contributed by atoms with E-state index >= 15 is 0 Å². The number of carbonyl (C=O) groups excluding carboxylic acids is 2. The van der Waals surface area contributed by atoms with Gasteiger partial charge in [0.1, 0.15) is 12.6 Å². The van der Waals surface area contributed by atoms with Crippen LogP contribution in [-0.2, 0) is 14.4 Å². The number of amides is 2. The van der Waals surface area contributed by atoms with Crippen LogP contribution in [0.2, 0.25) is 0 Å². The molecule has 2 amide bonds. The Labute approximate surface area is 125 Å². The van der Waals surface area contributed by atoms with Gasteiger partial charge in [-0.15, -0.1) is 0 Å². The Hall–Kier alpha value is -1.59. The molecule has 1 saturated carbocycles. The summed E-state index contributed by atoms with van der Waals surface area (Å²) in [6.45, 7) is 2.17. The lowest BCUT2D eigenvalue weighted by atomic mass is 9.97. The van der Waals surface area contributed by atoms with E-state index in [-0.39, 0.29) is 24.3 Å². The molecule has 2 rings (SSSR count). The van der Waals surface area contributed by atoms with E-state index in [0.29, 0.717) is 13.1 Å². The molecule has 2 aliphatic rings. The Morgan fingerprint density at radius 3 is 2.33 bits per heavy atom. The van der Waals surface area contributed by atoms with Crippen molar-refractivity contribution < 1.29 is 19.5 Å². The van der Waals surface area contributed by atoms with E-state index in [4.69, 9.17) is 5.11 Å². The average molecular weight is 296 g/mol. The lowest BCUT2D eigenvalue weighted by Gasteiger charge is -2.39. The van der Waals surface area contributed by atoms with Gasteiger partial charge in [0.2, 0.25) is 11.8 Å². The molecule has 1 unspecified atom stereocenters. The van der Waals surface area contributed by atoms with E-state index in [1.165, 1.54) is 17.7 Å². The fourth-order valence-corrected chi connectivity index (χ4v) is 3.31. The van der Waals surface area contributed by atoms with Crippen LogP contribution in [0.4, 0.5) is 0 Å². The van der Waals surface area contributed by atoms with Gasteiger partial charge < -0.3 is 14.9 Å².